The molecule has 2 aromatic carbocycles. The molecule has 0 spiro atoms. The molecule has 0 saturated heterocycles. The molecule has 1 saturated carbocycles. The summed E-state index contributed by atoms with van der Waals surface area (Å²) in [7, 11) is 0. The quantitative estimate of drug-likeness (QED) is 0.694. The van der Waals surface area contributed by atoms with Crippen LogP contribution >= 0.6 is 15.9 Å². The number of hydrogen-bond acceptors (Lipinski definition) is 1. The zero-order valence-corrected chi connectivity index (χ0v) is 13.4. The lowest BCUT2D eigenvalue weighted by molar-refractivity contribution is -0.00778. The maximum atomic E-state index is 6.10. The fourth-order valence-electron chi connectivity index (χ4n) is 2.56. The second-order valence-corrected chi connectivity index (χ2v) is 7.13. The van der Waals surface area contributed by atoms with Crippen LogP contribution in [0.15, 0.2) is 54.6 Å². The smallest absolute Gasteiger partial charge is 0.119 e. The van der Waals surface area contributed by atoms with E-state index in [-0.39, 0.29) is 5.41 Å². The standard InChI is InChI=1S/C18H19BrO/c1-18(2)16(19)12-17(18)20-15-10-8-14(9-11-15)13-6-4-3-5-7-13/h3-11,16-17H,12H2,1-2H3. The average molecular weight is 331 g/mol. The molecule has 2 atom stereocenters. The summed E-state index contributed by atoms with van der Waals surface area (Å²) in [6, 6.07) is 18.8. The van der Waals surface area contributed by atoms with Crippen molar-refractivity contribution in [1.82, 2.24) is 0 Å². The van der Waals surface area contributed by atoms with Crippen molar-refractivity contribution in [3.05, 3.63) is 54.6 Å². The Labute approximate surface area is 129 Å². The molecule has 0 N–H and O–H groups in total. The van der Waals surface area contributed by atoms with Gasteiger partial charge in [0.1, 0.15) is 11.9 Å². The summed E-state index contributed by atoms with van der Waals surface area (Å²) in [6.07, 6.45) is 1.38. The largest absolute Gasteiger partial charge is 0.490 e. The Morgan fingerprint density at radius 1 is 0.950 bits per heavy atom. The first-order valence-corrected chi connectivity index (χ1v) is 7.95. The molecule has 1 nitrogen and oxygen atoms in total. The van der Waals surface area contributed by atoms with Gasteiger partial charge >= 0.3 is 0 Å². The maximum Gasteiger partial charge on any atom is 0.119 e. The molecule has 0 aliphatic heterocycles. The van der Waals surface area contributed by atoms with E-state index in [9.17, 15) is 0 Å². The van der Waals surface area contributed by atoms with Crippen molar-refractivity contribution >= 4 is 15.9 Å². The number of hydrogen-bond donors (Lipinski definition) is 0. The van der Waals surface area contributed by atoms with Crippen LogP contribution in [0, 0.1) is 5.41 Å². The van der Waals surface area contributed by atoms with Crippen molar-refractivity contribution in [2.45, 2.75) is 31.2 Å². The Balaban J connectivity index is 1.71. The number of halogens is 1. The van der Waals surface area contributed by atoms with E-state index < -0.39 is 0 Å². The highest BCUT2D eigenvalue weighted by Crippen LogP contribution is 2.47. The maximum absolute atomic E-state index is 6.10. The summed E-state index contributed by atoms with van der Waals surface area (Å²) in [4.78, 5) is 0.559. The molecule has 0 radical (unpaired) electrons. The van der Waals surface area contributed by atoms with Crippen LogP contribution in [0.5, 0.6) is 5.75 Å². The number of ether oxygens (including phenoxy) is 1. The van der Waals surface area contributed by atoms with E-state index in [0.717, 1.165) is 12.2 Å². The van der Waals surface area contributed by atoms with Gasteiger partial charge in [-0.05, 0) is 29.7 Å². The van der Waals surface area contributed by atoms with Gasteiger partial charge in [0.2, 0.25) is 0 Å². The van der Waals surface area contributed by atoms with Crippen LogP contribution in [-0.4, -0.2) is 10.9 Å². The minimum absolute atomic E-state index is 0.206. The van der Waals surface area contributed by atoms with Crippen LogP contribution in [0.1, 0.15) is 20.3 Å². The van der Waals surface area contributed by atoms with Crippen LogP contribution in [-0.2, 0) is 0 Å². The average Bonchev–Trinajstić information content (AvgIpc) is 2.48. The Kier molecular flexibility index (Phi) is 3.59. The van der Waals surface area contributed by atoms with Crippen molar-refractivity contribution < 1.29 is 4.74 Å². The monoisotopic (exact) mass is 330 g/mol. The highest BCUT2D eigenvalue weighted by molar-refractivity contribution is 9.09. The van der Waals surface area contributed by atoms with Crippen molar-refractivity contribution in [3.8, 4) is 16.9 Å². The highest BCUT2D eigenvalue weighted by atomic mass is 79.9. The summed E-state index contributed by atoms with van der Waals surface area (Å²) in [5.41, 5.74) is 2.67. The van der Waals surface area contributed by atoms with Gasteiger partial charge in [-0.3, -0.25) is 0 Å². The molecular formula is C18H19BrO. The van der Waals surface area contributed by atoms with Gasteiger partial charge in [0.15, 0.2) is 0 Å². The first-order valence-electron chi connectivity index (χ1n) is 7.03. The minimum atomic E-state index is 0.206. The van der Waals surface area contributed by atoms with Gasteiger partial charge in [0, 0.05) is 10.2 Å². The molecule has 2 aromatic rings. The Hall–Kier alpha value is -1.28. The fraction of sp³-hybridized carbons (Fsp3) is 0.333. The van der Waals surface area contributed by atoms with E-state index in [1.165, 1.54) is 11.1 Å². The van der Waals surface area contributed by atoms with Gasteiger partial charge < -0.3 is 4.74 Å². The van der Waals surface area contributed by atoms with E-state index in [4.69, 9.17) is 4.74 Å². The molecule has 0 aromatic heterocycles. The van der Waals surface area contributed by atoms with Crippen molar-refractivity contribution in [1.29, 1.82) is 0 Å². The van der Waals surface area contributed by atoms with Crippen molar-refractivity contribution in [2.24, 2.45) is 5.41 Å². The molecule has 1 fully saturated rings. The van der Waals surface area contributed by atoms with Crippen LogP contribution in [0.2, 0.25) is 0 Å². The van der Waals surface area contributed by atoms with Crippen LogP contribution in [0.4, 0.5) is 0 Å². The van der Waals surface area contributed by atoms with Crippen molar-refractivity contribution in [3.63, 3.8) is 0 Å². The summed E-state index contributed by atoms with van der Waals surface area (Å²) < 4.78 is 6.10. The highest BCUT2D eigenvalue weighted by Gasteiger charge is 2.48. The zero-order valence-electron chi connectivity index (χ0n) is 11.8. The third-order valence-corrected chi connectivity index (χ3v) is 5.85. The Morgan fingerprint density at radius 2 is 1.55 bits per heavy atom. The van der Waals surface area contributed by atoms with Crippen LogP contribution < -0.4 is 4.74 Å². The first kappa shape index (κ1) is 13.7. The summed E-state index contributed by atoms with van der Waals surface area (Å²) in [5.74, 6) is 0.960. The summed E-state index contributed by atoms with van der Waals surface area (Å²) in [5, 5.41) is 0. The topological polar surface area (TPSA) is 9.23 Å². The molecule has 104 valence electrons. The van der Waals surface area contributed by atoms with Crippen molar-refractivity contribution in [2.75, 3.05) is 0 Å². The molecule has 20 heavy (non-hydrogen) atoms. The lowest BCUT2D eigenvalue weighted by Crippen LogP contribution is -2.53. The van der Waals surface area contributed by atoms with Gasteiger partial charge in [-0.15, -0.1) is 0 Å². The van der Waals surface area contributed by atoms with E-state index in [2.05, 4.69) is 78.3 Å². The first-order chi connectivity index (χ1) is 9.57. The van der Waals surface area contributed by atoms with Gasteiger partial charge in [0.25, 0.3) is 0 Å². The number of benzene rings is 2. The second-order valence-electron chi connectivity index (χ2n) is 6.02. The lowest BCUT2D eigenvalue weighted by atomic mass is 9.69. The molecule has 0 bridgehead atoms. The zero-order chi connectivity index (χ0) is 14.2. The molecule has 0 amide bonds. The summed E-state index contributed by atoms with van der Waals surface area (Å²) in [6.45, 7) is 4.50. The molecule has 2 heteroatoms. The van der Waals surface area contributed by atoms with Gasteiger partial charge in [-0.1, -0.05) is 72.2 Å². The predicted octanol–water partition coefficient (Wildman–Crippen LogP) is 5.29. The fourth-order valence-corrected chi connectivity index (χ4v) is 3.19. The van der Waals surface area contributed by atoms with E-state index >= 15 is 0 Å². The van der Waals surface area contributed by atoms with E-state index in [0.29, 0.717) is 10.9 Å². The lowest BCUT2D eigenvalue weighted by Gasteiger charge is -2.48. The van der Waals surface area contributed by atoms with E-state index in [1.54, 1.807) is 0 Å². The predicted molar refractivity (Wildman–Crippen MR) is 87.4 cm³/mol. The molecule has 2 unspecified atom stereocenters. The van der Waals surface area contributed by atoms with Gasteiger partial charge in [-0.2, -0.15) is 0 Å². The Morgan fingerprint density at radius 3 is 2.10 bits per heavy atom. The molecule has 3 rings (SSSR count). The third-order valence-electron chi connectivity index (χ3n) is 4.30. The second kappa shape index (κ2) is 5.25. The third kappa shape index (κ3) is 2.49. The van der Waals surface area contributed by atoms with Gasteiger partial charge in [0.05, 0.1) is 0 Å². The minimum Gasteiger partial charge on any atom is -0.490 e. The van der Waals surface area contributed by atoms with Gasteiger partial charge in [-0.25, -0.2) is 0 Å². The molecule has 0 heterocycles. The number of alkyl halides is 1. The SMILES string of the molecule is CC1(C)C(Br)CC1Oc1ccc(-c2ccccc2)cc1. The van der Waals surface area contributed by atoms with Crippen LogP contribution in [0.3, 0.4) is 0 Å². The normalized spacial score (nSPS) is 23.9. The van der Waals surface area contributed by atoms with E-state index in [1.807, 2.05) is 6.07 Å². The summed E-state index contributed by atoms with van der Waals surface area (Å²) >= 11 is 3.70. The molecule has 1 aliphatic carbocycles. The number of rotatable bonds is 3. The molecular weight excluding hydrogens is 312 g/mol. The molecule has 1 aliphatic rings. The van der Waals surface area contributed by atoms with Crippen LogP contribution in [0.25, 0.3) is 11.1 Å². The Bertz CT molecular complexity index is 574.